The Hall–Kier alpha value is -0.610. The Kier molecular flexibility index (Phi) is 3.69. The Morgan fingerprint density at radius 3 is 2.77 bits per heavy atom. The molecule has 76 valence electrons. The molecule has 1 fully saturated rings. The van der Waals surface area contributed by atoms with Crippen molar-refractivity contribution in [2.75, 3.05) is 13.7 Å². The van der Waals surface area contributed by atoms with Gasteiger partial charge in [0.15, 0.2) is 12.4 Å². The van der Waals surface area contributed by atoms with Gasteiger partial charge in [0.05, 0.1) is 13.7 Å². The summed E-state index contributed by atoms with van der Waals surface area (Å²) in [4.78, 5) is 11.0. The van der Waals surface area contributed by atoms with E-state index in [0.29, 0.717) is 12.5 Å². The molecule has 0 unspecified atom stereocenters. The van der Waals surface area contributed by atoms with E-state index in [0.717, 1.165) is 6.42 Å². The van der Waals surface area contributed by atoms with Gasteiger partial charge in [0.2, 0.25) is 0 Å². The van der Waals surface area contributed by atoms with Crippen LogP contribution in [0.1, 0.15) is 20.3 Å². The number of ether oxygens (including phenoxy) is 3. The quantitative estimate of drug-likeness (QED) is 0.618. The zero-order valence-electron chi connectivity index (χ0n) is 8.28. The minimum atomic E-state index is -0.546. The molecule has 0 amide bonds. The number of carbonyl (C=O) groups excluding carboxylic acids is 1. The number of hydrogen-bond donors (Lipinski definition) is 0. The molecular formula is C9H16O4. The first-order valence-corrected chi connectivity index (χ1v) is 4.50. The molecule has 1 rings (SSSR count). The van der Waals surface area contributed by atoms with E-state index >= 15 is 0 Å². The molecule has 0 radical (unpaired) electrons. The third-order valence-electron chi connectivity index (χ3n) is 2.19. The second kappa shape index (κ2) is 4.58. The van der Waals surface area contributed by atoms with Crippen molar-refractivity contribution in [1.82, 2.24) is 0 Å². The molecule has 4 heteroatoms. The van der Waals surface area contributed by atoms with Gasteiger partial charge in [-0.05, 0) is 13.3 Å². The van der Waals surface area contributed by atoms with Crippen LogP contribution in [0.3, 0.4) is 0 Å². The van der Waals surface area contributed by atoms with E-state index < -0.39 is 6.10 Å². The second-order valence-corrected chi connectivity index (χ2v) is 3.31. The Bertz CT molecular complexity index is 180. The molecule has 0 spiro atoms. The molecule has 1 heterocycles. The summed E-state index contributed by atoms with van der Waals surface area (Å²) in [6.07, 6.45) is 0.183. The minimum absolute atomic E-state index is 0.255. The highest BCUT2D eigenvalue weighted by molar-refractivity contribution is 5.73. The first kappa shape index (κ1) is 10.5. The molecule has 1 aliphatic heterocycles. The Labute approximate surface area is 78.2 Å². The van der Waals surface area contributed by atoms with Crippen LogP contribution in [-0.2, 0) is 19.0 Å². The maximum atomic E-state index is 11.0. The van der Waals surface area contributed by atoms with E-state index in [4.69, 9.17) is 9.47 Å². The van der Waals surface area contributed by atoms with E-state index in [2.05, 4.69) is 4.74 Å². The van der Waals surface area contributed by atoms with E-state index in [1.54, 1.807) is 6.92 Å². The summed E-state index contributed by atoms with van der Waals surface area (Å²) in [6.45, 7) is 4.42. The Balaban J connectivity index is 2.34. The number of rotatable bonds is 3. The molecule has 0 aromatic carbocycles. The summed E-state index contributed by atoms with van der Waals surface area (Å²) in [5.41, 5.74) is 0. The van der Waals surface area contributed by atoms with Crippen LogP contribution >= 0.6 is 0 Å². The predicted octanol–water partition coefficient (Wildman–Crippen LogP) is 0.947. The molecule has 1 aliphatic rings. The van der Waals surface area contributed by atoms with Crippen LogP contribution in [0.15, 0.2) is 0 Å². The third-order valence-corrected chi connectivity index (χ3v) is 2.19. The molecule has 4 nitrogen and oxygen atoms in total. The number of esters is 1. The SMILES string of the molecule is COC(=O)[C@H](C)O[C@H]1OCC[C@@H]1C. The van der Waals surface area contributed by atoms with E-state index in [1.807, 2.05) is 6.92 Å². The first-order valence-electron chi connectivity index (χ1n) is 4.50. The largest absolute Gasteiger partial charge is 0.467 e. The fourth-order valence-electron chi connectivity index (χ4n) is 1.27. The number of hydrogen-bond acceptors (Lipinski definition) is 4. The number of methoxy groups -OCH3 is 1. The zero-order chi connectivity index (χ0) is 9.84. The molecular weight excluding hydrogens is 172 g/mol. The molecule has 0 aliphatic carbocycles. The lowest BCUT2D eigenvalue weighted by Crippen LogP contribution is -2.30. The highest BCUT2D eigenvalue weighted by Gasteiger charge is 2.28. The van der Waals surface area contributed by atoms with Gasteiger partial charge in [-0.25, -0.2) is 4.79 Å². The molecule has 0 saturated carbocycles. The van der Waals surface area contributed by atoms with Crippen LogP contribution in [-0.4, -0.2) is 32.1 Å². The fraction of sp³-hybridized carbons (Fsp3) is 0.889. The third kappa shape index (κ3) is 2.67. The number of carbonyl (C=O) groups is 1. The van der Waals surface area contributed by atoms with E-state index in [-0.39, 0.29) is 12.3 Å². The van der Waals surface area contributed by atoms with Gasteiger partial charge < -0.3 is 14.2 Å². The minimum Gasteiger partial charge on any atom is -0.467 e. The van der Waals surface area contributed by atoms with Crippen LogP contribution in [0, 0.1) is 5.92 Å². The average molecular weight is 188 g/mol. The lowest BCUT2D eigenvalue weighted by molar-refractivity contribution is -0.183. The van der Waals surface area contributed by atoms with Crippen LogP contribution in [0.5, 0.6) is 0 Å². The van der Waals surface area contributed by atoms with E-state index in [1.165, 1.54) is 7.11 Å². The topological polar surface area (TPSA) is 44.8 Å². The van der Waals surface area contributed by atoms with Crippen molar-refractivity contribution in [2.24, 2.45) is 5.92 Å². The molecule has 3 atom stereocenters. The summed E-state index contributed by atoms with van der Waals surface area (Å²) in [5.74, 6) is -0.00481. The highest BCUT2D eigenvalue weighted by atomic mass is 16.7. The van der Waals surface area contributed by atoms with Crippen LogP contribution in [0.25, 0.3) is 0 Å². The summed E-state index contributed by atoms with van der Waals surface area (Å²) in [6, 6.07) is 0. The van der Waals surface area contributed by atoms with Gasteiger partial charge in [-0.3, -0.25) is 0 Å². The first-order chi connectivity index (χ1) is 6.15. The van der Waals surface area contributed by atoms with E-state index in [9.17, 15) is 4.79 Å². The van der Waals surface area contributed by atoms with Crippen molar-refractivity contribution in [3.05, 3.63) is 0 Å². The van der Waals surface area contributed by atoms with Gasteiger partial charge in [0.25, 0.3) is 0 Å². The summed E-state index contributed by atoms with van der Waals surface area (Å²) >= 11 is 0. The van der Waals surface area contributed by atoms with Crippen molar-refractivity contribution in [3.8, 4) is 0 Å². The van der Waals surface area contributed by atoms with Gasteiger partial charge in [0, 0.05) is 5.92 Å². The summed E-state index contributed by atoms with van der Waals surface area (Å²) in [5, 5.41) is 0. The molecule has 13 heavy (non-hydrogen) atoms. The smallest absolute Gasteiger partial charge is 0.334 e. The van der Waals surface area contributed by atoms with Gasteiger partial charge in [-0.1, -0.05) is 6.92 Å². The van der Waals surface area contributed by atoms with Crippen molar-refractivity contribution in [1.29, 1.82) is 0 Å². The van der Waals surface area contributed by atoms with Crippen molar-refractivity contribution in [3.63, 3.8) is 0 Å². The maximum Gasteiger partial charge on any atom is 0.334 e. The summed E-state index contributed by atoms with van der Waals surface area (Å²) in [7, 11) is 1.35. The van der Waals surface area contributed by atoms with Crippen molar-refractivity contribution >= 4 is 5.97 Å². The van der Waals surface area contributed by atoms with Crippen molar-refractivity contribution in [2.45, 2.75) is 32.7 Å². The normalized spacial score (nSPS) is 30.1. The van der Waals surface area contributed by atoms with Gasteiger partial charge in [-0.2, -0.15) is 0 Å². The molecule has 0 aromatic rings. The second-order valence-electron chi connectivity index (χ2n) is 3.31. The fourth-order valence-corrected chi connectivity index (χ4v) is 1.27. The van der Waals surface area contributed by atoms with Crippen LogP contribution < -0.4 is 0 Å². The Morgan fingerprint density at radius 2 is 2.31 bits per heavy atom. The maximum absolute atomic E-state index is 11.0. The zero-order valence-corrected chi connectivity index (χ0v) is 8.28. The molecule has 1 saturated heterocycles. The Morgan fingerprint density at radius 1 is 1.62 bits per heavy atom. The predicted molar refractivity (Wildman–Crippen MR) is 46.1 cm³/mol. The monoisotopic (exact) mass is 188 g/mol. The van der Waals surface area contributed by atoms with Gasteiger partial charge in [-0.15, -0.1) is 0 Å². The van der Waals surface area contributed by atoms with Gasteiger partial charge in [0.1, 0.15) is 0 Å². The summed E-state index contributed by atoms with van der Waals surface area (Å²) < 4.78 is 15.2. The lowest BCUT2D eigenvalue weighted by Gasteiger charge is -2.19. The molecule has 0 N–H and O–H groups in total. The standard InChI is InChI=1S/C9H16O4/c1-6-4-5-12-9(6)13-7(2)8(10)11-3/h6-7,9H,4-5H2,1-3H3/t6-,7-,9+/m0/s1. The van der Waals surface area contributed by atoms with Crippen LogP contribution in [0.2, 0.25) is 0 Å². The van der Waals surface area contributed by atoms with Crippen molar-refractivity contribution < 1.29 is 19.0 Å². The van der Waals surface area contributed by atoms with Crippen LogP contribution in [0.4, 0.5) is 0 Å². The lowest BCUT2D eigenvalue weighted by atomic mass is 10.1. The molecule has 0 bridgehead atoms. The highest BCUT2D eigenvalue weighted by Crippen LogP contribution is 2.22. The average Bonchev–Trinajstić information content (AvgIpc) is 2.50. The van der Waals surface area contributed by atoms with Gasteiger partial charge >= 0.3 is 5.97 Å². The molecule has 0 aromatic heterocycles.